The van der Waals surface area contributed by atoms with Gasteiger partial charge in [-0.05, 0) is 0 Å². The fourth-order valence-corrected chi connectivity index (χ4v) is 0.456. The minimum atomic E-state index is -5.13. The summed E-state index contributed by atoms with van der Waals surface area (Å²) in [5, 5.41) is 0. The van der Waals surface area contributed by atoms with Crippen LogP contribution in [-0.4, -0.2) is 23.1 Å². The van der Waals surface area contributed by atoms with Crippen LogP contribution in [0.1, 0.15) is 0 Å². The van der Waals surface area contributed by atoms with Gasteiger partial charge in [0.15, 0.2) is 0 Å². The first-order valence-electron chi connectivity index (χ1n) is 2.46. The third kappa shape index (κ3) is 1.90. The second-order valence-electron chi connectivity index (χ2n) is 1.85. The molecular weight excluding hydrogens is 233 g/mol. The second-order valence-corrected chi connectivity index (χ2v) is 3.23. The summed E-state index contributed by atoms with van der Waals surface area (Å²) in [7, 11) is 0. The van der Waals surface area contributed by atoms with E-state index in [4.69, 9.17) is 0 Å². The molecule has 0 aromatic heterocycles. The van der Waals surface area contributed by atoms with Crippen molar-refractivity contribution >= 4 is 23.2 Å². The van der Waals surface area contributed by atoms with Crippen LogP contribution in [0.3, 0.4) is 0 Å². The van der Waals surface area contributed by atoms with Crippen LogP contribution in [0.15, 0.2) is 0 Å². The maximum absolute atomic E-state index is 12.1. The summed E-state index contributed by atoms with van der Waals surface area (Å²) in [6.07, 6.45) is -8.29. The lowest BCUT2D eigenvalue weighted by Crippen LogP contribution is -2.49. The van der Waals surface area contributed by atoms with Gasteiger partial charge in [-0.2, -0.15) is 8.78 Å². The topological polar surface area (TPSA) is 0 Å². The number of hydrogen-bond donors (Lipinski definition) is 0. The molecule has 0 aromatic carbocycles. The standard InChI is InChI=1S/C4H2Cl2F6/c5-3(6,1(7)8)4(11,12)2(9)10/h1-2H. The SMILES string of the molecule is FC(F)C(F)(F)C(Cl)(Cl)C(F)F. The zero-order valence-corrected chi connectivity index (χ0v) is 6.69. The van der Waals surface area contributed by atoms with Crippen molar-refractivity contribution in [3.05, 3.63) is 0 Å². The van der Waals surface area contributed by atoms with Crippen molar-refractivity contribution in [2.75, 3.05) is 0 Å². The van der Waals surface area contributed by atoms with E-state index in [1.54, 1.807) is 0 Å². The lowest BCUT2D eigenvalue weighted by atomic mass is 10.2. The average molecular weight is 235 g/mol. The Kier molecular flexibility index (Phi) is 3.54. The molecule has 0 N–H and O–H groups in total. The van der Waals surface area contributed by atoms with Crippen molar-refractivity contribution in [1.82, 2.24) is 0 Å². The predicted octanol–water partition coefficient (Wildman–Crippen LogP) is 3.33. The van der Waals surface area contributed by atoms with Crippen molar-refractivity contribution in [2.24, 2.45) is 0 Å². The van der Waals surface area contributed by atoms with Crippen molar-refractivity contribution in [1.29, 1.82) is 0 Å². The molecule has 0 rings (SSSR count). The van der Waals surface area contributed by atoms with Gasteiger partial charge >= 0.3 is 12.3 Å². The Bertz CT molecular complexity index is 138. The highest BCUT2D eigenvalue weighted by Crippen LogP contribution is 2.46. The molecule has 0 aliphatic carbocycles. The Morgan fingerprint density at radius 2 is 1.17 bits per heavy atom. The Hall–Kier alpha value is 0.160. The van der Waals surface area contributed by atoms with Crippen LogP contribution in [-0.2, 0) is 0 Å². The van der Waals surface area contributed by atoms with Crippen LogP contribution < -0.4 is 0 Å². The Labute approximate surface area is 73.4 Å². The van der Waals surface area contributed by atoms with Crippen LogP contribution in [0.4, 0.5) is 26.3 Å². The summed E-state index contributed by atoms with van der Waals surface area (Å²) in [4.78, 5) is 0. The molecule has 0 radical (unpaired) electrons. The molecule has 0 aromatic rings. The quantitative estimate of drug-likeness (QED) is 0.519. The number of hydrogen-bond acceptors (Lipinski definition) is 0. The van der Waals surface area contributed by atoms with Gasteiger partial charge in [-0.25, -0.2) is 17.6 Å². The maximum atomic E-state index is 12.1. The Morgan fingerprint density at radius 3 is 1.25 bits per heavy atom. The summed E-state index contributed by atoms with van der Waals surface area (Å²) < 4.78 is 66.1. The van der Waals surface area contributed by atoms with Crippen molar-refractivity contribution in [2.45, 2.75) is 23.1 Å². The molecule has 0 fully saturated rings. The first-order valence-corrected chi connectivity index (χ1v) is 3.21. The first kappa shape index (κ1) is 12.2. The molecule has 0 saturated carbocycles. The summed E-state index contributed by atoms with van der Waals surface area (Å²) in [6, 6.07) is 0. The van der Waals surface area contributed by atoms with Crippen LogP contribution in [0, 0.1) is 0 Å². The highest BCUT2D eigenvalue weighted by atomic mass is 35.5. The molecule has 0 atom stereocenters. The van der Waals surface area contributed by atoms with Crippen LogP contribution in [0.5, 0.6) is 0 Å². The van der Waals surface area contributed by atoms with E-state index in [9.17, 15) is 26.3 Å². The van der Waals surface area contributed by atoms with Crippen molar-refractivity contribution in [3.8, 4) is 0 Å². The third-order valence-electron chi connectivity index (χ3n) is 0.993. The van der Waals surface area contributed by atoms with Gasteiger partial charge in [0.2, 0.25) is 4.33 Å². The van der Waals surface area contributed by atoms with Gasteiger partial charge in [-0.3, -0.25) is 0 Å². The molecule has 0 nitrogen and oxygen atoms in total. The minimum absolute atomic E-state index is 3.95. The van der Waals surface area contributed by atoms with Crippen LogP contribution in [0.2, 0.25) is 0 Å². The fraction of sp³-hybridized carbons (Fsp3) is 1.00. The van der Waals surface area contributed by atoms with E-state index in [0.717, 1.165) is 0 Å². The van der Waals surface area contributed by atoms with Gasteiger partial charge in [0.1, 0.15) is 0 Å². The van der Waals surface area contributed by atoms with Gasteiger partial charge in [-0.1, -0.05) is 23.2 Å². The Balaban J connectivity index is 4.75. The molecule has 0 unspecified atom stereocenters. The lowest BCUT2D eigenvalue weighted by Gasteiger charge is -2.27. The number of alkyl halides is 8. The molecule has 0 amide bonds. The number of halogens is 8. The average Bonchev–Trinajstić information content (AvgIpc) is 1.86. The monoisotopic (exact) mass is 234 g/mol. The van der Waals surface area contributed by atoms with Gasteiger partial charge in [0.25, 0.3) is 6.43 Å². The largest absolute Gasteiger partial charge is 0.345 e. The van der Waals surface area contributed by atoms with Gasteiger partial charge in [0.05, 0.1) is 0 Å². The fourth-order valence-electron chi connectivity index (χ4n) is 0.291. The van der Waals surface area contributed by atoms with E-state index in [1.165, 1.54) is 0 Å². The molecule has 0 saturated heterocycles. The Morgan fingerprint density at radius 1 is 0.833 bits per heavy atom. The molecule has 74 valence electrons. The summed E-state index contributed by atoms with van der Waals surface area (Å²) in [5.74, 6) is -5.13. The molecule has 0 heterocycles. The van der Waals surface area contributed by atoms with E-state index in [2.05, 4.69) is 23.2 Å². The smallest absolute Gasteiger partial charge is 0.207 e. The lowest BCUT2D eigenvalue weighted by molar-refractivity contribution is -0.160. The van der Waals surface area contributed by atoms with Crippen LogP contribution in [0.25, 0.3) is 0 Å². The van der Waals surface area contributed by atoms with Crippen molar-refractivity contribution in [3.63, 3.8) is 0 Å². The third-order valence-corrected chi connectivity index (χ3v) is 1.83. The normalized spacial score (nSPS) is 14.5. The zero-order valence-electron chi connectivity index (χ0n) is 5.18. The molecule has 0 bridgehead atoms. The molecule has 0 aliphatic heterocycles. The predicted molar refractivity (Wildman–Crippen MR) is 31.4 cm³/mol. The molecular formula is C4H2Cl2F6. The summed E-state index contributed by atoms with van der Waals surface area (Å²) >= 11 is 8.69. The van der Waals surface area contributed by atoms with Gasteiger partial charge in [0, 0.05) is 0 Å². The molecule has 12 heavy (non-hydrogen) atoms. The van der Waals surface area contributed by atoms with Gasteiger partial charge in [-0.15, -0.1) is 0 Å². The highest BCUT2D eigenvalue weighted by Gasteiger charge is 2.64. The van der Waals surface area contributed by atoms with Gasteiger partial charge < -0.3 is 0 Å². The van der Waals surface area contributed by atoms with Crippen molar-refractivity contribution < 1.29 is 26.3 Å². The minimum Gasteiger partial charge on any atom is -0.207 e. The number of rotatable bonds is 3. The highest BCUT2D eigenvalue weighted by molar-refractivity contribution is 6.49. The van der Waals surface area contributed by atoms with Crippen LogP contribution >= 0.6 is 23.2 Å². The van der Waals surface area contributed by atoms with E-state index in [0.29, 0.717) is 0 Å². The molecule has 0 aliphatic rings. The second kappa shape index (κ2) is 3.49. The first-order chi connectivity index (χ1) is 5.14. The van der Waals surface area contributed by atoms with E-state index >= 15 is 0 Å². The van der Waals surface area contributed by atoms with E-state index < -0.39 is 23.1 Å². The van der Waals surface area contributed by atoms with E-state index in [1.807, 2.05) is 0 Å². The zero-order chi connectivity index (χ0) is 10.2. The molecule has 8 heteroatoms. The summed E-state index contributed by atoms with van der Waals surface area (Å²) in [6.45, 7) is 0. The van der Waals surface area contributed by atoms with E-state index in [-0.39, 0.29) is 0 Å². The molecule has 0 spiro atoms. The maximum Gasteiger partial charge on any atom is 0.345 e. The summed E-state index contributed by atoms with van der Waals surface area (Å²) in [5.41, 5.74) is 0.